The first kappa shape index (κ1) is 23.8. The standard InChI is InChI=1S/C26H31NO2.ClH/c1-4-9-24(22-10-6-5-7-11-22)27-18-23-12-8-13-25(28-3)26(23)29-19-21-16-14-20(2)15-17-21;/h5-8,10-17,24,27H,4,9,18-19H2,1-3H3;1H. The molecule has 1 N–H and O–H groups in total. The summed E-state index contributed by atoms with van der Waals surface area (Å²) >= 11 is 0. The molecule has 0 aliphatic heterocycles. The normalized spacial score (nSPS) is 11.4. The van der Waals surface area contributed by atoms with Gasteiger partial charge in [-0.2, -0.15) is 0 Å². The quantitative estimate of drug-likeness (QED) is 0.395. The van der Waals surface area contributed by atoms with Crippen molar-refractivity contribution in [2.75, 3.05) is 7.11 Å². The maximum Gasteiger partial charge on any atom is 0.166 e. The van der Waals surface area contributed by atoms with Gasteiger partial charge in [-0.3, -0.25) is 0 Å². The highest BCUT2D eigenvalue weighted by molar-refractivity contribution is 5.85. The number of methoxy groups -OCH3 is 1. The van der Waals surface area contributed by atoms with Gasteiger partial charge in [-0.05, 0) is 30.5 Å². The predicted molar refractivity (Wildman–Crippen MR) is 127 cm³/mol. The van der Waals surface area contributed by atoms with Crippen molar-refractivity contribution in [2.24, 2.45) is 0 Å². The molecule has 3 nitrogen and oxygen atoms in total. The van der Waals surface area contributed by atoms with E-state index in [-0.39, 0.29) is 12.4 Å². The Morgan fingerprint density at radius 1 is 0.900 bits per heavy atom. The number of benzene rings is 3. The van der Waals surface area contributed by atoms with Gasteiger partial charge in [0.2, 0.25) is 0 Å². The molecule has 0 aromatic heterocycles. The molecule has 1 atom stereocenters. The van der Waals surface area contributed by atoms with Gasteiger partial charge in [0.05, 0.1) is 7.11 Å². The molecule has 0 amide bonds. The van der Waals surface area contributed by atoms with Crippen LogP contribution in [0.15, 0.2) is 72.8 Å². The fourth-order valence-electron chi connectivity index (χ4n) is 3.46. The molecule has 160 valence electrons. The van der Waals surface area contributed by atoms with Crippen molar-refractivity contribution in [3.63, 3.8) is 0 Å². The molecule has 0 aliphatic carbocycles. The molecule has 0 saturated carbocycles. The van der Waals surface area contributed by atoms with Crippen LogP contribution in [-0.4, -0.2) is 7.11 Å². The van der Waals surface area contributed by atoms with Crippen molar-refractivity contribution in [2.45, 2.75) is 45.9 Å². The maximum atomic E-state index is 6.22. The van der Waals surface area contributed by atoms with Crippen LogP contribution in [0.2, 0.25) is 0 Å². The van der Waals surface area contributed by atoms with Crippen LogP contribution in [0.5, 0.6) is 11.5 Å². The lowest BCUT2D eigenvalue weighted by Gasteiger charge is -2.21. The van der Waals surface area contributed by atoms with E-state index in [1.54, 1.807) is 7.11 Å². The molecular weight excluding hydrogens is 394 g/mol. The molecule has 0 aliphatic rings. The van der Waals surface area contributed by atoms with E-state index >= 15 is 0 Å². The van der Waals surface area contributed by atoms with Crippen LogP contribution in [-0.2, 0) is 13.2 Å². The molecule has 0 saturated heterocycles. The van der Waals surface area contributed by atoms with Crippen molar-refractivity contribution in [1.82, 2.24) is 5.32 Å². The van der Waals surface area contributed by atoms with E-state index in [2.05, 4.69) is 79.8 Å². The third kappa shape index (κ3) is 6.51. The molecule has 0 radical (unpaired) electrons. The zero-order chi connectivity index (χ0) is 20.5. The topological polar surface area (TPSA) is 30.5 Å². The lowest BCUT2D eigenvalue weighted by Crippen LogP contribution is -2.21. The van der Waals surface area contributed by atoms with Gasteiger partial charge in [0.1, 0.15) is 6.61 Å². The lowest BCUT2D eigenvalue weighted by atomic mass is 10.0. The fraction of sp³-hybridized carbons (Fsp3) is 0.308. The number of hydrogen-bond acceptors (Lipinski definition) is 3. The highest BCUT2D eigenvalue weighted by atomic mass is 35.5. The Balaban J connectivity index is 0.00000320. The van der Waals surface area contributed by atoms with Crippen LogP contribution >= 0.6 is 12.4 Å². The Kier molecular flexibility index (Phi) is 9.72. The summed E-state index contributed by atoms with van der Waals surface area (Å²) in [5.74, 6) is 1.58. The van der Waals surface area contributed by atoms with E-state index in [1.165, 1.54) is 11.1 Å². The van der Waals surface area contributed by atoms with Crippen LogP contribution in [0.25, 0.3) is 0 Å². The molecule has 0 bridgehead atoms. The van der Waals surface area contributed by atoms with E-state index in [9.17, 15) is 0 Å². The molecule has 3 rings (SSSR count). The molecule has 0 heterocycles. The van der Waals surface area contributed by atoms with Gasteiger partial charge in [-0.25, -0.2) is 0 Å². The van der Waals surface area contributed by atoms with E-state index < -0.39 is 0 Å². The van der Waals surface area contributed by atoms with Crippen molar-refractivity contribution >= 4 is 12.4 Å². The second kappa shape index (κ2) is 12.3. The molecular formula is C26H32ClNO2. The zero-order valence-corrected chi connectivity index (χ0v) is 18.9. The number of halogens is 1. The lowest BCUT2D eigenvalue weighted by molar-refractivity contribution is 0.280. The second-order valence-corrected chi connectivity index (χ2v) is 7.36. The maximum absolute atomic E-state index is 6.22. The third-order valence-corrected chi connectivity index (χ3v) is 5.10. The number of hydrogen-bond donors (Lipinski definition) is 1. The number of ether oxygens (including phenoxy) is 2. The highest BCUT2D eigenvalue weighted by Gasteiger charge is 2.14. The Morgan fingerprint density at radius 3 is 2.30 bits per heavy atom. The van der Waals surface area contributed by atoms with Crippen molar-refractivity contribution in [1.29, 1.82) is 0 Å². The molecule has 4 heteroatoms. The summed E-state index contributed by atoms with van der Waals surface area (Å²) in [7, 11) is 1.69. The van der Waals surface area contributed by atoms with Crippen LogP contribution in [0, 0.1) is 6.92 Å². The second-order valence-electron chi connectivity index (χ2n) is 7.36. The number of para-hydroxylation sites is 1. The summed E-state index contributed by atoms with van der Waals surface area (Å²) in [5.41, 5.74) is 4.82. The number of rotatable bonds is 10. The van der Waals surface area contributed by atoms with Crippen LogP contribution in [0.1, 0.15) is 48.1 Å². The van der Waals surface area contributed by atoms with E-state index in [0.717, 1.165) is 42.0 Å². The first-order chi connectivity index (χ1) is 14.2. The smallest absolute Gasteiger partial charge is 0.166 e. The highest BCUT2D eigenvalue weighted by Crippen LogP contribution is 2.32. The van der Waals surface area contributed by atoms with Crippen molar-refractivity contribution in [3.05, 3.63) is 95.1 Å². The van der Waals surface area contributed by atoms with Crippen molar-refractivity contribution < 1.29 is 9.47 Å². The number of aryl methyl sites for hydroxylation is 1. The summed E-state index contributed by atoms with van der Waals surface area (Å²) in [6, 6.07) is 25.5. The fourth-order valence-corrected chi connectivity index (χ4v) is 3.46. The van der Waals surface area contributed by atoms with E-state index in [1.807, 2.05) is 12.1 Å². The summed E-state index contributed by atoms with van der Waals surface area (Å²) in [6.45, 7) is 5.55. The Bertz CT molecular complexity index is 881. The summed E-state index contributed by atoms with van der Waals surface area (Å²) in [5, 5.41) is 3.72. The van der Waals surface area contributed by atoms with E-state index in [4.69, 9.17) is 9.47 Å². The number of nitrogens with one attached hydrogen (secondary N) is 1. The molecule has 1 unspecified atom stereocenters. The van der Waals surface area contributed by atoms with Crippen LogP contribution in [0.3, 0.4) is 0 Å². The third-order valence-electron chi connectivity index (χ3n) is 5.10. The summed E-state index contributed by atoms with van der Waals surface area (Å²) < 4.78 is 11.8. The Labute approximate surface area is 186 Å². The minimum absolute atomic E-state index is 0. The van der Waals surface area contributed by atoms with Gasteiger partial charge in [-0.15, -0.1) is 12.4 Å². The van der Waals surface area contributed by atoms with Gasteiger partial charge in [-0.1, -0.05) is 85.6 Å². The van der Waals surface area contributed by atoms with Gasteiger partial charge < -0.3 is 14.8 Å². The van der Waals surface area contributed by atoms with Crippen LogP contribution in [0.4, 0.5) is 0 Å². The zero-order valence-electron chi connectivity index (χ0n) is 18.1. The largest absolute Gasteiger partial charge is 0.493 e. The summed E-state index contributed by atoms with van der Waals surface area (Å²) in [4.78, 5) is 0. The predicted octanol–water partition coefficient (Wildman–Crippen LogP) is 6.64. The summed E-state index contributed by atoms with van der Waals surface area (Å²) in [6.07, 6.45) is 2.22. The van der Waals surface area contributed by atoms with Crippen LogP contribution < -0.4 is 14.8 Å². The molecule has 3 aromatic rings. The first-order valence-corrected chi connectivity index (χ1v) is 10.3. The van der Waals surface area contributed by atoms with Crippen molar-refractivity contribution in [3.8, 4) is 11.5 Å². The minimum Gasteiger partial charge on any atom is -0.493 e. The van der Waals surface area contributed by atoms with Gasteiger partial charge in [0, 0.05) is 18.2 Å². The monoisotopic (exact) mass is 425 g/mol. The average molecular weight is 426 g/mol. The Hall–Kier alpha value is -2.49. The minimum atomic E-state index is 0. The van der Waals surface area contributed by atoms with Gasteiger partial charge in [0.15, 0.2) is 11.5 Å². The van der Waals surface area contributed by atoms with Gasteiger partial charge in [0.25, 0.3) is 0 Å². The molecule has 0 fully saturated rings. The SMILES string of the molecule is CCCC(NCc1cccc(OC)c1OCc1ccc(C)cc1)c1ccccc1.Cl. The molecule has 0 spiro atoms. The Morgan fingerprint density at radius 2 is 1.63 bits per heavy atom. The molecule has 3 aromatic carbocycles. The van der Waals surface area contributed by atoms with Gasteiger partial charge >= 0.3 is 0 Å². The average Bonchev–Trinajstić information content (AvgIpc) is 2.77. The molecule has 30 heavy (non-hydrogen) atoms. The first-order valence-electron chi connectivity index (χ1n) is 10.3. The van der Waals surface area contributed by atoms with E-state index in [0.29, 0.717) is 12.6 Å².